The SMILES string of the molecule is CCc1ccccc1C(O)(CC(N)=O)C(N)=O. The van der Waals surface area contributed by atoms with Crippen molar-refractivity contribution in [3.05, 3.63) is 35.4 Å². The van der Waals surface area contributed by atoms with Crippen LogP contribution in [0.2, 0.25) is 0 Å². The predicted molar refractivity (Wildman–Crippen MR) is 62.7 cm³/mol. The normalized spacial score (nSPS) is 14.0. The summed E-state index contributed by atoms with van der Waals surface area (Å²) in [5.74, 6) is -1.76. The monoisotopic (exact) mass is 236 g/mol. The molecule has 0 aliphatic carbocycles. The van der Waals surface area contributed by atoms with Crippen molar-refractivity contribution in [3.8, 4) is 0 Å². The molecule has 1 aromatic carbocycles. The van der Waals surface area contributed by atoms with E-state index in [9.17, 15) is 14.7 Å². The Bertz CT molecular complexity index is 445. The number of primary amides is 2. The smallest absolute Gasteiger partial charge is 0.254 e. The maximum absolute atomic E-state index is 11.4. The summed E-state index contributed by atoms with van der Waals surface area (Å²) in [4.78, 5) is 22.3. The van der Waals surface area contributed by atoms with Crippen molar-refractivity contribution < 1.29 is 14.7 Å². The summed E-state index contributed by atoms with van der Waals surface area (Å²) >= 11 is 0. The number of aliphatic hydroxyl groups is 1. The Kier molecular flexibility index (Phi) is 3.85. The molecule has 0 bridgehead atoms. The molecule has 0 saturated heterocycles. The molecule has 1 rings (SSSR count). The molecular weight excluding hydrogens is 220 g/mol. The van der Waals surface area contributed by atoms with Crippen LogP contribution in [-0.4, -0.2) is 16.9 Å². The van der Waals surface area contributed by atoms with Gasteiger partial charge in [0.1, 0.15) is 0 Å². The van der Waals surface area contributed by atoms with Crippen LogP contribution in [0.25, 0.3) is 0 Å². The summed E-state index contributed by atoms with van der Waals surface area (Å²) < 4.78 is 0. The van der Waals surface area contributed by atoms with Crippen molar-refractivity contribution in [2.45, 2.75) is 25.4 Å². The number of aryl methyl sites for hydroxylation is 1. The van der Waals surface area contributed by atoms with Gasteiger partial charge in [0.15, 0.2) is 5.60 Å². The summed E-state index contributed by atoms with van der Waals surface area (Å²) in [6, 6.07) is 6.80. The van der Waals surface area contributed by atoms with E-state index < -0.39 is 23.8 Å². The van der Waals surface area contributed by atoms with Crippen LogP contribution in [0.3, 0.4) is 0 Å². The molecule has 5 N–H and O–H groups in total. The number of hydrogen-bond donors (Lipinski definition) is 3. The number of benzene rings is 1. The Balaban J connectivity index is 3.31. The topological polar surface area (TPSA) is 106 Å². The van der Waals surface area contributed by atoms with Gasteiger partial charge in [-0.15, -0.1) is 0 Å². The van der Waals surface area contributed by atoms with Crippen LogP contribution >= 0.6 is 0 Å². The highest BCUT2D eigenvalue weighted by Gasteiger charge is 2.39. The minimum atomic E-state index is -2.03. The van der Waals surface area contributed by atoms with Crippen molar-refractivity contribution in [2.24, 2.45) is 11.5 Å². The van der Waals surface area contributed by atoms with Crippen LogP contribution in [0.5, 0.6) is 0 Å². The van der Waals surface area contributed by atoms with Crippen LogP contribution < -0.4 is 11.5 Å². The Hall–Kier alpha value is -1.88. The molecule has 92 valence electrons. The zero-order chi connectivity index (χ0) is 13.1. The summed E-state index contributed by atoms with van der Waals surface area (Å²) in [7, 11) is 0. The third-order valence-electron chi connectivity index (χ3n) is 2.68. The van der Waals surface area contributed by atoms with Gasteiger partial charge in [0.05, 0.1) is 6.42 Å². The van der Waals surface area contributed by atoms with Gasteiger partial charge < -0.3 is 16.6 Å². The first-order valence-corrected chi connectivity index (χ1v) is 5.30. The van der Waals surface area contributed by atoms with E-state index in [1.165, 1.54) is 0 Å². The average Bonchev–Trinajstić information content (AvgIpc) is 2.27. The standard InChI is InChI=1S/C12H16N2O3/c1-2-8-5-3-4-6-9(8)12(17,11(14)16)7-10(13)15/h3-6,17H,2,7H2,1H3,(H2,13,15)(H2,14,16). The fourth-order valence-electron chi connectivity index (χ4n) is 1.80. The average molecular weight is 236 g/mol. The van der Waals surface area contributed by atoms with Gasteiger partial charge >= 0.3 is 0 Å². The first-order chi connectivity index (χ1) is 7.91. The molecule has 0 saturated carbocycles. The van der Waals surface area contributed by atoms with Gasteiger partial charge in [0.25, 0.3) is 5.91 Å². The molecule has 1 aromatic rings. The van der Waals surface area contributed by atoms with Gasteiger partial charge in [-0.25, -0.2) is 0 Å². The lowest BCUT2D eigenvalue weighted by Crippen LogP contribution is -2.44. The molecule has 5 nitrogen and oxygen atoms in total. The van der Waals surface area contributed by atoms with Gasteiger partial charge in [-0.05, 0) is 17.5 Å². The summed E-state index contributed by atoms with van der Waals surface area (Å²) in [5, 5.41) is 10.3. The highest BCUT2D eigenvalue weighted by molar-refractivity contribution is 5.90. The summed E-state index contributed by atoms with van der Waals surface area (Å²) in [5.41, 5.74) is 9.29. The third kappa shape index (κ3) is 2.62. The van der Waals surface area contributed by atoms with Gasteiger partial charge in [-0.3, -0.25) is 9.59 Å². The second kappa shape index (κ2) is 4.97. The number of carbonyl (C=O) groups is 2. The van der Waals surface area contributed by atoms with Crippen molar-refractivity contribution in [3.63, 3.8) is 0 Å². The lowest BCUT2D eigenvalue weighted by Gasteiger charge is -2.25. The van der Waals surface area contributed by atoms with E-state index >= 15 is 0 Å². The largest absolute Gasteiger partial charge is 0.375 e. The van der Waals surface area contributed by atoms with Gasteiger partial charge in [-0.1, -0.05) is 31.2 Å². The number of carbonyl (C=O) groups excluding carboxylic acids is 2. The molecule has 17 heavy (non-hydrogen) atoms. The Morgan fingerprint density at radius 3 is 2.35 bits per heavy atom. The molecular formula is C12H16N2O3. The van der Waals surface area contributed by atoms with E-state index in [-0.39, 0.29) is 0 Å². The second-order valence-electron chi connectivity index (χ2n) is 3.88. The van der Waals surface area contributed by atoms with E-state index in [0.29, 0.717) is 12.0 Å². The second-order valence-corrected chi connectivity index (χ2v) is 3.88. The Morgan fingerprint density at radius 1 is 1.29 bits per heavy atom. The highest BCUT2D eigenvalue weighted by Crippen LogP contribution is 2.28. The minimum absolute atomic E-state index is 0.341. The van der Waals surface area contributed by atoms with Crippen molar-refractivity contribution >= 4 is 11.8 Å². The molecule has 1 atom stereocenters. The molecule has 0 radical (unpaired) electrons. The maximum atomic E-state index is 11.4. The van der Waals surface area contributed by atoms with Gasteiger partial charge in [-0.2, -0.15) is 0 Å². The predicted octanol–water partition coefficient (Wildman–Crippen LogP) is -0.203. The molecule has 0 aliphatic rings. The zero-order valence-electron chi connectivity index (χ0n) is 9.64. The lowest BCUT2D eigenvalue weighted by atomic mass is 9.85. The van der Waals surface area contributed by atoms with E-state index in [1.54, 1.807) is 24.3 Å². The lowest BCUT2D eigenvalue weighted by molar-refractivity contribution is -0.142. The van der Waals surface area contributed by atoms with Crippen molar-refractivity contribution in [1.29, 1.82) is 0 Å². The first-order valence-electron chi connectivity index (χ1n) is 5.30. The van der Waals surface area contributed by atoms with Gasteiger partial charge in [0, 0.05) is 0 Å². The van der Waals surface area contributed by atoms with E-state index in [2.05, 4.69) is 0 Å². The molecule has 0 spiro atoms. The maximum Gasteiger partial charge on any atom is 0.254 e. The molecule has 0 aromatic heterocycles. The summed E-state index contributed by atoms with van der Waals surface area (Å²) in [6.45, 7) is 1.88. The zero-order valence-corrected chi connectivity index (χ0v) is 9.64. The quantitative estimate of drug-likeness (QED) is 0.658. The fraction of sp³-hybridized carbons (Fsp3) is 0.333. The van der Waals surface area contributed by atoms with Crippen LogP contribution in [0.15, 0.2) is 24.3 Å². The minimum Gasteiger partial charge on any atom is -0.375 e. The number of rotatable bonds is 5. The van der Waals surface area contributed by atoms with Gasteiger partial charge in [0.2, 0.25) is 5.91 Å². The van der Waals surface area contributed by atoms with Crippen LogP contribution in [0.4, 0.5) is 0 Å². The molecule has 2 amide bonds. The van der Waals surface area contributed by atoms with Crippen molar-refractivity contribution in [2.75, 3.05) is 0 Å². The van der Waals surface area contributed by atoms with Crippen molar-refractivity contribution in [1.82, 2.24) is 0 Å². The van der Waals surface area contributed by atoms with Crippen LogP contribution in [0, 0.1) is 0 Å². The van der Waals surface area contributed by atoms with E-state index in [1.807, 2.05) is 6.92 Å². The summed E-state index contributed by atoms with van der Waals surface area (Å²) in [6.07, 6.45) is 0.101. The van der Waals surface area contributed by atoms with Crippen LogP contribution in [0.1, 0.15) is 24.5 Å². The number of nitrogens with two attached hydrogens (primary N) is 2. The molecule has 0 heterocycles. The molecule has 0 aliphatic heterocycles. The molecule has 5 heteroatoms. The van der Waals surface area contributed by atoms with Crippen LogP contribution in [-0.2, 0) is 21.6 Å². The van der Waals surface area contributed by atoms with E-state index in [4.69, 9.17) is 11.5 Å². The Morgan fingerprint density at radius 2 is 1.88 bits per heavy atom. The molecule has 1 unspecified atom stereocenters. The highest BCUT2D eigenvalue weighted by atomic mass is 16.3. The first kappa shape index (κ1) is 13.2. The van der Waals surface area contributed by atoms with E-state index in [0.717, 1.165) is 5.56 Å². The number of hydrogen-bond acceptors (Lipinski definition) is 3. The Labute approximate surface area is 99.4 Å². The fourth-order valence-corrected chi connectivity index (χ4v) is 1.80. The number of amides is 2. The molecule has 0 fully saturated rings. The third-order valence-corrected chi connectivity index (χ3v) is 2.68.